The fourth-order valence-corrected chi connectivity index (χ4v) is 2.18. The van der Waals surface area contributed by atoms with E-state index in [0.29, 0.717) is 5.56 Å². The summed E-state index contributed by atoms with van der Waals surface area (Å²) in [6.45, 7) is 1.68. The summed E-state index contributed by atoms with van der Waals surface area (Å²) >= 11 is 0. The van der Waals surface area contributed by atoms with Crippen LogP contribution in [0.4, 0.5) is 8.78 Å². The van der Waals surface area contributed by atoms with Gasteiger partial charge in [-0.3, -0.25) is 0 Å². The lowest BCUT2D eigenvalue weighted by Gasteiger charge is -2.22. The number of rotatable bonds is 5. The van der Waals surface area contributed by atoms with Gasteiger partial charge in [0.15, 0.2) is 0 Å². The van der Waals surface area contributed by atoms with Crippen LogP contribution in [0.1, 0.15) is 30.1 Å². The maximum atomic E-state index is 13.7. The molecular formula is C16H17F2NO. The zero-order valence-electron chi connectivity index (χ0n) is 11.2. The van der Waals surface area contributed by atoms with Crippen molar-refractivity contribution < 1.29 is 13.9 Å². The molecule has 2 nitrogen and oxygen atoms in total. The second kappa shape index (κ2) is 6.59. The average Bonchev–Trinajstić information content (AvgIpc) is 2.45. The minimum Gasteiger partial charge on any atom is -0.394 e. The standard InChI is InChI=1S/C16H17F2NO/c1-11(14-8-7-13(17)9-15(14)18)19-16(10-20)12-5-3-2-4-6-12/h2-9,11,16,19-20H,10H2,1H3/t11?,16-/m1/s1. The second-order valence-electron chi connectivity index (χ2n) is 4.70. The zero-order chi connectivity index (χ0) is 14.5. The van der Waals surface area contributed by atoms with E-state index in [-0.39, 0.29) is 18.7 Å². The first-order chi connectivity index (χ1) is 9.61. The molecule has 0 aromatic heterocycles. The van der Waals surface area contributed by atoms with Crippen molar-refractivity contribution in [3.63, 3.8) is 0 Å². The molecule has 0 saturated carbocycles. The van der Waals surface area contributed by atoms with Crippen LogP contribution in [-0.2, 0) is 0 Å². The number of aliphatic hydroxyl groups excluding tert-OH is 1. The van der Waals surface area contributed by atoms with Crippen LogP contribution >= 0.6 is 0 Å². The maximum absolute atomic E-state index is 13.7. The maximum Gasteiger partial charge on any atom is 0.130 e. The fraction of sp³-hybridized carbons (Fsp3) is 0.250. The van der Waals surface area contributed by atoms with Crippen molar-refractivity contribution in [2.75, 3.05) is 6.61 Å². The molecule has 20 heavy (non-hydrogen) atoms. The van der Waals surface area contributed by atoms with Gasteiger partial charge in [-0.1, -0.05) is 36.4 Å². The van der Waals surface area contributed by atoms with Gasteiger partial charge in [-0.2, -0.15) is 0 Å². The van der Waals surface area contributed by atoms with Crippen molar-refractivity contribution >= 4 is 0 Å². The van der Waals surface area contributed by atoms with E-state index in [0.717, 1.165) is 11.6 Å². The van der Waals surface area contributed by atoms with Gasteiger partial charge < -0.3 is 10.4 Å². The van der Waals surface area contributed by atoms with Crippen molar-refractivity contribution in [3.8, 4) is 0 Å². The molecule has 0 aliphatic rings. The van der Waals surface area contributed by atoms with E-state index in [2.05, 4.69) is 5.32 Å². The largest absolute Gasteiger partial charge is 0.394 e. The van der Waals surface area contributed by atoms with Gasteiger partial charge >= 0.3 is 0 Å². The SMILES string of the molecule is CC(N[C@H](CO)c1ccccc1)c1ccc(F)cc1F. The van der Waals surface area contributed by atoms with E-state index in [9.17, 15) is 13.9 Å². The molecule has 0 heterocycles. The van der Waals surface area contributed by atoms with Crippen molar-refractivity contribution in [2.24, 2.45) is 0 Å². The molecule has 0 aliphatic heterocycles. The van der Waals surface area contributed by atoms with Crippen molar-refractivity contribution in [2.45, 2.75) is 19.0 Å². The predicted molar refractivity (Wildman–Crippen MR) is 74.2 cm³/mol. The molecule has 0 aliphatic carbocycles. The second-order valence-corrected chi connectivity index (χ2v) is 4.70. The number of benzene rings is 2. The van der Waals surface area contributed by atoms with Crippen LogP contribution in [0.15, 0.2) is 48.5 Å². The van der Waals surface area contributed by atoms with Gasteiger partial charge in [0.25, 0.3) is 0 Å². The van der Waals surface area contributed by atoms with Crippen LogP contribution in [-0.4, -0.2) is 11.7 Å². The molecule has 0 bridgehead atoms. The first-order valence-corrected chi connectivity index (χ1v) is 6.48. The molecule has 0 fully saturated rings. The first-order valence-electron chi connectivity index (χ1n) is 6.48. The van der Waals surface area contributed by atoms with Crippen LogP contribution in [0, 0.1) is 11.6 Å². The molecule has 2 aromatic rings. The Kier molecular flexibility index (Phi) is 4.82. The Balaban J connectivity index is 2.15. The molecular weight excluding hydrogens is 260 g/mol. The summed E-state index contributed by atoms with van der Waals surface area (Å²) in [6.07, 6.45) is 0. The highest BCUT2D eigenvalue weighted by Gasteiger charge is 2.17. The molecule has 0 amide bonds. The molecule has 4 heteroatoms. The van der Waals surface area contributed by atoms with Crippen LogP contribution in [0.25, 0.3) is 0 Å². The Morgan fingerprint density at radius 3 is 2.40 bits per heavy atom. The topological polar surface area (TPSA) is 32.3 Å². The van der Waals surface area contributed by atoms with Crippen molar-refractivity contribution in [1.82, 2.24) is 5.32 Å². The molecule has 0 radical (unpaired) electrons. The first kappa shape index (κ1) is 14.6. The highest BCUT2D eigenvalue weighted by Crippen LogP contribution is 2.22. The van der Waals surface area contributed by atoms with Gasteiger partial charge in [0.1, 0.15) is 11.6 Å². The van der Waals surface area contributed by atoms with E-state index in [1.807, 2.05) is 30.3 Å². The average molecular weight is 277 g/mol. The minimum atomic E-state index is -0.597. The van der Waals surface area contributed by atoms with Crippen molar-refractivity contribution in [3.05, 3.63) is 71.3 Å². The lowest BCUT2D eigenvalue weighted by atomic mass is 10.0. The van der Waals surface area contributed by atoms with E-state index in [1.54, 1.807) is 6.92 Å². The summed E-state index contributed by atoms with van der Waals surface area (Å²) in [5.74, 6) is -1.19. The summed E-state index contributed by atoms with van der Waals surface area (Å²) in [6, 6.07) is 12.3. The number of nitrogens with one attached hydrogen (secondary N) is 1. The molecule has 2 rings (SSSR count). The minimum absolute atomic E-state index is 0.100. The van der Waals surface area contributed by atoms with Gasteiger partial charge in [0, 0.05) is 17.7 Å². The summed E-state index contributed by atoms with van der Waals surface area (Å²) in [5, 5.41) is 12.6. The van der Waals surface area contributed by atoms with E-state index >= 15 is 0 Å². The highest BCUT2D eigenvalue weighted by atomic mass is 19.1. The van der Waals surface area contributed by atoms with E-state index in [1.165, 1.54) is 12.1 Å². The third-order valence-electron chi connectivity index (χ3n) is 3.26. The molecule has 1 unspecified atom stereocenters. The number of hydrogen-bond acceptors (Lipinski definition) is 2. The van der Waals surface area contributed by atoms with Gasteiger partial charge in [-0.25, -0.2) is 8.78 Å². The summed E-state index contributed by atoms with van der Waals surface area (Å²) in [7, 11) is 0. The normalized spacial score (nSPS) is 14.0. The van der Waals surface area contributed by atoms with Crippen molar-refractivity contribution in [1.29, 1.82) is 0 Å². The van der Waals surface area contributed by atoms with Gasteiger partial charge in [-0.15, -0.1) is 0 Å². The van der Waals surface area contributed by atoms with Gasteiger partial charge in [-0.05, 0) is 18.6 Å². The molecule has 2 atom stereocenters. The van der Waals surface area contributed by atoms with Gasteiger partial charge in [0.2, 0.25) is 0 Å². The monoisotopic (exact) mass is 277 g/mol. The molecule has 0 saturated heterocycles. The Labute approximate surface area is 117 Å². The quantitative estimate of drug-likeness (QED) is 0.878. The van der Waals surface area contributed by atoms with Crippen LogP contribution in [0.5, 0.6) is 0 Å². The van der Waals surface area contributed by atoms with Crippen LogP contribution in [0.3, 0.4) is 0 Å². The predicted octanol–water partition coefficient (Wildman–Crippen LogP) is 3.35. The number of hydrogen-bond donors (Lipinski definition) is 2. The summed E-state index contributed by atoms with van der Waals surface area (Å²) < 4.78 is 26.6. The molecule has 2 N–H and O–H groups in total. The fourth-order valence-electron chi connectivity index (χ4n) is 2.18. The lowest BCUT2D eigenvalue weighted by Crippen LogP contribution is -2.27. The number of halogens is 2. The Morgan fingerprint density at radius 2 is 1.80 bits per heavy atom. The molecule has 0 spiro atoms. The molecule has 2 aromatic carbocycles. The highest BCUT2D eigenvalue weighted by molar-refractivity contribution is 5.24. The lowest BCUT2D eigenvalue weighted by molar-refractivity contribution is 0.234. The third kappa shape index (κ3) is 3.40. The van der Waals surface area contributed by atoms with Crippen LogP contribution in [0.2, 0.25) is 0 Å². The Bertz CT molecular complexity index is 560. The van der Waals surface area contributed by atoms with Gasteiger partial charge in [0.05, 0.1) is 12.6 Å². The third-order valence-corrected chi connectivity index (χ3v) is 3.26. The Hall–Kier alpha value is -1.78. The molecule has 106 valence electrons. The van der Waals surface area contributed by atoms with E-state index in [4.69, 9.17) is 0 Å². The zero-order valence-corrected chi connectivity index (χ0v) is 11.2. The Morgan fingerprint density at radius 1 is 1.10 bits per heavy atom. The number of aliphatic hydroxyl groups is 1. The summed E-state index contributed by atoms with van der Waals surface area (Å²) in [5.41, 5.74) is 1.30. The summed E-state index contributed by atoms with van der Waals surface area (Å²) in [4.78, 5) is 0. The smallest absolute Gasteiger partial charge is 0.130 e. The van der Waals surface area contributed by atoms with E-state index < -0.39 is 11.6 Å². The van der Waals surface area contributed by atoms with Crippen LogP contribution < -0.4 is 5.32 Å².